The predicted octanol–water partition coefficient (Wildman–Crippen LogP) is 0.396. The molecule has 1 aliphatic rings. The second-order valence-electron chi connectivity index (χ2n) is 4.25. The van der Waals surface area contributed by atoms with Gasteiger partial charge in [0.1, 0.15) is 10.7 Å². The minimum atomic E-state index is -3.69. The SMILES string of the molecule is CNc1ncc(Br)cc1S(=O)(=O)N1CCNC(=O)CC1. The monoisotopic (exact) mass is 362 g/mol. The first-order valence-electron chi connectivity index (χ1n) is 6.05. The van der Waals surface area contributed by atoms with Crippen LogP contribution in [0.15, 0.2) is 21.6 Å². The number of aromatic nitrogens is 1. The van der Waals surface area contributed by atoms with Gasteiger partial charge in [0.05, 0.1) is 0 Å². The minimum absolute atomic E-state index is 0.101. The number of nitrogens with zero attached hydrogens (tertiary/aromatic N) is 2. The zero-order chi connectivity index (χ0) is 14.8. The summed E-state index contributed by atoms with van der Waals surface area (Å²) in [6.45, 7) is 0.738. The fraction of sp³-hybridized carbons (Fsp3) is 0.455. The van der Waals surface area contributed by atoms with E-state index in [4.69, 9.17) is 0 Å². The lowest BCUT2D eigenvalue weighted by Crippen LogP contribution is -2.34. The van der Waals surface area contributed by atoms with E-state index in [9.17, 15) is 13.2 Å². The molecule has 0 aliphatic carbocycles. The molecule has 20 heavy (non-hydrogen) atoms. The maximum Gasteiger partial charge on any atom is 0.246 e. The smallest absolute Gasteiger partial charge is 0.246 e. The van der Waals surface area contributed by atoms with E-state index in [-0.39, 0.29) is 36.1 Å². The molecule has 0 bridgehead atoms. The third-order valence-corrected chi connectivity index (χ3v) is 5.29. The average molecular weight is 363 g/mol. The fourth-order valence-electron chi connectivity index (χ4n) is 1.93. The molecule has 0 unspecified atom stereocenters. The molecule has 2 rings (SSSR count). The van der Waals surface area contributed by atoms with Gasteiger partial charge in [0.15, 0.2) is 0 Å². The lowest BCUT2D eigenvalue weighted by Gasteiger charge is -2.20. The summed E-state index contributed by atoms with van der Waals surface area (Å²) >= 11 is 3.23. The Kier molecular flexibility index (Phi) is 4.61. The van der Waals surface area contributed by atoms with Crippen LogP contribution in [0.5, 0.6) is 0 Å². The van der Waals surface area contributed by atoms with Gasteiger partial charge >= 0.3 is 0 Å². The van der Waals surface area contributed by atoms with E-state index < -0.39 is 10.0 Å². The Labute approximate surface area is 125 Å². The summed E-state index contributed by atoms with van der Waals surface area (Å²) in [4.78, 5) is 15.5. The summed E-state index contributed by atoms with van der Waals surface area (Å²) in [6, 6.07) is 1.51. The van der Waals surface area contributed by atoms with Crippen molar-refractivity contribution in [1.29, 1.82) is 0 Å². The summed E-state index contributed by atoms with van der Waals surface area (Å²) in [5.41, 5.74) is 0. The van der Waals surface area contributed by atoms with Gasteiger partial charge in [-0.05, 0) is 22.0 Å². The van der Waals surface area contributed by atoms with E-state index >= 15 is 0 Å². The largest absolute Gasteiger partial charge is 0.372 e. The van der Waals surface area contributed by atoms with Crippen LogP contribution in [-0.4, -0.2) is 50.3 Å². The van der Waals surface area contributed by atoms with Crippen LogP contribution in [0.2, 0.25) is 0 Å². The molecule has 1 aromatic rings. The van der Waals surface area contributed by atoms with Gasteiger partial charge in [0.2, 0.25) is 15.9 Å². The van der Waals surface area contributed by atoms with Crippen LogP contribution >= 0.6 is 15.9 Å². The molecule has 0 atom stereocenters. The first-order chi connectivity index (χ1) is 9.45. The number of anilines is 1. The molecule has 0 radical (unpaired) electrons. The zero-order valence-corrected chi connectivity index (χ0v) is 13.3. The van der Waals surface area contributed by atoms with Crippen molar-refractivity contribution in [2.24, 2.45) is 0 Å². The maximum absolute atomic E-state index is 12.7. The number of hydrogen-bond donors (Lipinski definition) is 2. The average Bonchev–Trinajstić information content (AvgIpc) is 2.64. The number of carbonyl (C=O) groups is 1. The van der Waals surface area contributed by atoms with E-state index in [1.807, 2.05) is 0 Å². The van der Waals surface area contributed by atoms with E-state index in [1.54, 1.807) is 7.05 Å². The molecule has 1 saturated heterocycles. The molecule has 1 amide bonds. The van der Waals surface area contributed by atoms with Crippen molar-refractivity contribution in [1.82, 2.24) is 14.6 Å². The Morgan fingerprint density at radius 2 is 2.20 bits per heavy atom. The van der Waals surface area contributed by atoms with Gasteiger partial charge in [-0.1, -0.05) is 0 Å². The van der Waals surface area contributed by atoms with Crippen molar-refractivity contribution in [3.05, 3.63) is 16.7 Å². The highest BCUT2D eigenvalue weighted by atomic mass is 79.9. The Bertz CT molecular complexity index is 620. The van der Waals surface area contributed by atoms with Gasteiger partial charge in [0.25, 0.3) is 0 Å². The molecule has 2 heterocycles. The molecule has 110 valence electrons. The number of amides is 1. The summed E-state index contributed by atoms with van der Waals surface area (Å²) in [5, 5.41) is 5.42. The summed E-state index contributed by atoms with van der Waals surface area (Å²) in [7, 11) is -2.07. The molecule has 1 fully saturated rings. The molecule has 0 spiro atoms. The van der Waals surface area contributed by atoms with Crippen LogP contribution in [-0.2, 0) is 14.8 Å². The second-order valence-corrected chi connectivity index (χ2v) is 7.08. The summed E-state index contributed by atoms with van der Waals surface area (Å²) < 4.78 is 27.2. The normalized spacial score (nSPS) is 17.4. The number of carbonyl (C=O) groups excluding carboxylic acids is 1. The number of pyridine rings is 1. The van der Waals surface area contributed by atoms with Crippen molar-refractivity contribution in [3.63, 3.8) is 0 Å². The lowest BCUT2D eigenvalue weighted by molar-refractivity contribution is -0.120. The van der Waals surface area contributed by atoms with E-state index in [1.165, 1.54) is 16.6 Å². The highest BCUT2D eigenvalue weighted by Gasteiger charge is 2.29. The zero-order valence-electron chi connectivity index (χ0n) is 10.9. The van der Waals surface area contributed by atoms with Crippen LogP contribution in [0.25, 0.3) is 0 Å². The van der Waals surface area contributed by atoms with E-state index in [0.29, 0.717) is 11.0 Å². The highest BCUT2D eigenvalue weighted by Crippen LogP contribution is 2.26. The molecule has 1 aliphatic heterocycles. The topological polar surface area (TPSA) is 91.4 Å². The third-order valence-electron chi connectivity index (χ3n) is 2.95. The van der Waals surface area contributed by atoms with Crippen molar-refractivity contribution < 1.29 is 13.2 Å². The second kappa shape index (κ2) is 6.06. The Balaban J connectivity index is 2.39. The predicted molar refractivity (Wildman–Crippen MR) is 77.9 cm³/mol. The molecule has 1 aromatic heterocycles. The van der Waals surface area contributed by atoms with Gasteiger partial charge in [-0.2, -0.15) is 4.31 Å². The number of rotatable bonds is 3. The number of nitrogens with one attached hydrogen (secondary N) is 2. The first kappa shape index (κ1) is 15.2. The van der Waals surface area contributed by atoms with Gasteiger partial charge in [0, 0.05) is 43.8 Å². The van der Waals surface area contributed by atoms with Crippen LogP contribution < -0.4 is 10.6 Å². The molecule has 0 aromatic carbocycles. The summed E-state index contributed by atoms with van der Waals surface area (Å²) in [5.74, 6) is 0.153. The Morgan fingerprint density at radius 3 is 2.90 bits per heavy atom. The Morgan fingerprint density at radius 1 is 1.45 bits per heavy atom. The van der Waals surface area contributed by atoms with Gasteiger partial charge in [-0.3, -0.25) is 4.79 Å². The van der Waals surface area contributed by atoms with E-state index in [2.05, 4.69) is 31.5 Å². The van der Waals surface area contributed by atoms with Gasteiger partial charge in [-0.25, -0.2) is 13.4 Å². The van der Waals surface area contributed by atoms with E-state index in [0.717, 1.165) is 0 Å². The highest BCUT2D eigenvalue weighted by molar-refractivity contribution is 9.10. The summed E-state index contributed by atoms with van der Waals surface area (Å²) in [6.07, 6.45) is 1.69. The molecule has 7 nitrogen and oxygen atoms in total. The van der Waals surface area contributed by atoms with Crippen LogP contribution in [0.4, 0.5) is 5.82 Å². The standard InChI is InChI=1S/C11H15BrN4O3S/c1-13-11-9(6-8(12)7-15-11)20(18,19)16-4-2-10(17)14-3-5-16/h6-7H,2-5H2,1H3,(H,13,15)(H,14,17). The molecular weight excluding hydrogens is 348 g/mol. The van der Waals surface area contributed by atoms with Crippen molar-refractivity contribution in [3.8, 4) is 0 Å². The first-order valence-corrected chi connectivity index (χ1v) is 8.28. The third kappa shape index (κ3) is 3.10. The molecule has 0 saturated carbocycles. The Hall–Kier alpha value is -1.19. The van der Waals surface area contributed by atoms with Crippen LogP contribution in [0.1, 0.15) is 6.42 Å². The van der Waals surface area contributed by atoms with Crippen molar-refractivity contribution >= 4 is 37.7 Å². The molecule has 9 heteroatoms. The quantitative estimate of drug-likeness (QED) is 0.811. The van der Waals surface area contributed by atoms with Gasteiger partial charge < -0.3 is 10.6 Å². The minimum Gasteiger partial charge on any atom is -0.372 e. The number of hydrogen-bond acceptors (Lipinski definition) is 5. The van der Waals surface area contributed by atoms with Crippen molar-refractivity contribution in [2.75, 3.05) is 32.0 Å². The number of halogens is 1. The van der Waals surface area contributed by atoms with Crippen LogP contribution in [0.3, 0.4) is 0 Å². The molecular formula is C11H15BrN4O3S. The number of sulfonamides is 1. The fourth-order valence-corrected chi connectivity index (χ4v) is 4.03. The maximum atomic E-state index is 12.7. The van der Waals surface area contributed by atoms with Gasteiger partial charge in [-0.15, -0.1) is 0 Å². The van der Waals surface area contributed by atoms with Crippen LogP contribution in [0, 0.1) is 0 Å². The lowest BCUT2D eigenvalue weighted by atomic mass is 10.4. The van der Waals surface area contributed by atoms with Crippen molar-refractivity contribution in [2.45, 2.75) is 11.3 Å². The molecule has 2 N–H and O–H groups in total.